The lowest BCUT2D eigenvalue weighted by Gasteiger charge is -2.23. The van der Waals surface area contributed by atoms with Crippen LogP contribution >= 0.6 is 0 Å². The van der Waals surface area contributed by atoms with Gasteiger partial charge < -0.3 is 15.8 Å². The van der Waals surface area contributed by atoms with Crippen molar-refractivity contribution >= 4 is 11.7 Å². The Hall–Kier alpha value is -1.26. The van der Waals surface area contributed by atoms with Gasteiger partial charge in [0.1, 0.15) is 0 Å². The second-order valence-corrected chi connectivity index (χ2v) is 3.16. The van der Waals surface area contributed by atoms with E-state index in [1.807, 2.05) is 13.8 Å². The van der Waals surface area contributed by atoms with Gasteiger partial charge in [-0.2, -0.15) is 0 Å². The molecule has 0 aliphatic heterocycles. The Morgan fingerprint density at radius 2 is 2.14 bits per heavy atom. The smallest absolute Gasteiger partial charge is 0.233 e. The number of nitrogens with zero attached hydrogens (tertiary/aromatic N) is 2. The van der Waals surface area contributed by atoms with Gasteiger partial charge in [-0.25, -0.2) is 0 Å². The highest BCUT2D eigenvalue weighted by atomic mass is 16.4. The fraction of sp³-hybridized carbons (Fsp3) is 0.778. The molecule has 1 unspecified atom stereocenters. The van der Waals surface area contributed by atoms with E-state index in [2.05, 4.69) is 5.16 Å². The highest BCUT2D eigenvalue weighted by molar-refractivity contribution is 6.01. The largest absolute Gasteiger partial charge is 0.409 e. The lowest BCUT2D eigenvalue weighted by Crippen LogP contribution is -2.40. The van der Waals surface area contributed by atoms with Crippen molar-refractivity contribution < 1.29 is 10.0 Å². The van der Waals surface area contributed by atoms with Gasteiger partial charge in [0.25, 0.3) is 0 Å². The fourth-order valence-electron chi connectivity index (χ4n) is 1.18. The molecule has 0 spiro atoms. The monoisotopic (exact) mass is 201 g/mol. The van der Waals surface area contributed by atoms with Crippen molar-refractivity contribution in [2.75, 3.05) is 13.1 Å². The molecule has 0 aliphatic carbocycles. The first-order chi connectivity index (χ1) is 6.58. The third kappa shape index (κ3) is 3.24. The number of amides is 1. The molecule has 0 heterocycles. The first-order valence-electron chi connectivity index (χ1n) is 4.84. The molecule has 0 fully saturated rings. The van der Waals surface area contributed by atoms with Gasteiger partial charge in [-0.3, -0.25) is 4.79 Å². The van der Waals surface area contributed by atoms with Crippen LogP contribution in [0.25, 0.3) is 0 Å². The number of carbonyl (C=O) groups excluding carboxylic acids is 1. The van der Waals surface area contributed by atoms with Gasteiger partial charge in [0.2, 0.25) is 5.91 Å². The number of hydrogen-bond acceptors (Lipinski definition) is 3. The highest BCUT2D eigenvalue weighted by Gasteiger charge is 2.21. The molecule has 14 heavy (non-hydrogen) atoms. The van der Waals surface area contributed by atoms with Crippen LogP contribution in [0.3, 0.4) is 0 Å². The quantitative estimate of drug-likeness (QED) is 0.296. The molecule has 0 aromatic carbocycles. The number of nitrogens with two attached hydrogens (primary N) is 1. The molecule has 0 aromatic rings. The van der Waals surface area contributed by atoms with Crippen LogP contribution in [-0.4, -0.2) is 34.9 Å². The summed E-state index contributed by atoms with van der Waals surface area (Å²) < 4.78 is 0. The first kappa shape index (κ1) is 12.7. The summed E-state index contributed by atoms with van der Waals surface area (Å²) >= 11 is 0. The summed E-state index contributed by atoms with van der Waals surface area (Å²) in [5, 5.41) is 11.3. The van der Waals surface area contributed by atoms with E-state index in [0.717, 1.165) is 6.42 Å². The van der Waals surface area contributed by atoms with Crippen molar-refractivity contribution in [3.63, 3.8) is 0 Å². The summed E-state index contributed by atoms with van der Waals surface area (Å²) in [5.41, 5.74) is 5.36. The van der Waals surface area contributed by atoms with Crippen molar-refractivity contribution in [2.24, 2.45) is 16.8 Å². The van der Waals surface area contributed by atoms with Gasteiger partial charge in [-0.1, -0.05) is 12.1 Å². The second-order valence-electron chi connectivity index (χ2n) is 3.16. The molecule has 0 saturated heterocycles. The van der Waals surface area contributed by atoms with E-state index in [9.17, 15) is 4.79 Å². The van der Waals surface area contributed by atoms with Crippen molar-refractivity contribution in [1.82, 2.24) is 4.90 Å². The Morgan fingerprint density at radius 3 is 2.50 bits per heavy atom. The van der Waals surface area contributed by atoms with Crippen LogP contribution in [0.1, 0.15) is 27.2 Å². The van der Waals surface area contributed by atoms with Crippen molar-refractivity contribution in [1.29, 1.82) is 0 Å². The van der Waals surface area contributed by atoms with Gasteiger partial charge in [0, 0.05) is 13.1 Å². The van der Waals surface area contributed by atoms with E-state index in [-0.39, 0.29) is 11.7 Å². The molecule has 0 rings (SSSR count). The Labute approximate surface area is 84.6 Å². The van der Waals surface area contributed by atoms with Crippen LogP contribution in [-0.2, 0) is 4.79 Å². The van der Waals surface area contributed by atoms with Crippen LogP contribution in [0, 0.1) is 5.92 Å². The lowest BCUT2D eigenvalue weighted by molar-refractivity contribution is -0.132. The van der Waals surface area contributed by atoms with E-state index in [1.54, 1.807) is 11.8 Å². The Balaban J connectivity index is 4.42. The minimum atomic E-state index is -0.550. The van der Waals surface area contributed by atoms with E-state index in [0.29, 0.717) is 13.1 Å². The van der Waals surface area contributed by atoms with E-state index < -0.39 is 5.92 Å². The Bertz CT molecular complexity index is 216. The molecular formula is C9H19N3O2. The molecule has 0 aromatic heterocycles. The third-order valence-corrected chi connectivity index (χ3v) is 2.12. The van der Waals surface area contributed by atoms with Gasteiger partial charge in [-0.15, -0.1) is 0 Å². The first-order valence-corrected chi connectivity index (χ1v) is 4.84. The number of hydrogen-bond donors (Lipinski definition) is 2. The summed E-state index contributed by atoms with van der Waals surface area (Å²) in [5.74, 6) is -0.680. The lowest BCUT2D eigenvalue weighted by atomic mass is 10.1. The zero-order valence-corrected chi connectivity index (χ0v) is 9.03. The van der Waals surface area contributed by atoms with Gasteiger partial charge in [0.05, 0.1) is 5.92 Å². The fourth-order valence-corrected chi connectivity index (χ4v) is 1.18. The number of oxime groups is 1. The zero-order chi connectivity index (χ0) is 11.1. The maximum absolute atomic E-state index is 11.7. The molecule has 1 atom stereocenters. The molecule has 0 bridgehead atoms. The molecule has 1 amide bonds. The summed E-state index contributed by atoms with van der Waals surface area (Å²) in [6, 6.07) is 0. The molecular weight excluding hydrogens is 182 g/mol. The molecule has 0 saturated carbocycles. The maximum Gasteiger partial charge on any atom is 0.233 e. The molecule has 5 heteroatoms. The zero-order valence-electron chi connectivity index (χ0n) is 9.03. The van der Waals surface area contributed by atoms with Crippen molar-refractivity contribution in [2.45, 2.75) is 27.2 Å². The Kier molecular flexibility index (Phi) is 5.67. The van der Waals surface area contributed by atoms with Crippen LogP contribution in [0.4, 0.5) is 0 Å². The second kappa shape index (κ2) is 6.23. The van der Waals surface area contributed by atoms with Gasteiger partial charge >= 0.3 is 0 Å². The van der Waals surface area contributed by atoms with Crippen LogP contribution in [0.5, 0.6) is 0 Å². The topological polar surface area (TPSA) is 78.9 Å². The predicted molar refractivity (Wildman–Crippen MR) is 55.1 cm³/mol. The molecule has 0 radical (unpaired) electrons. The number of rotatable bonds is 5. The standard InChI is InChI=1S/C9H19N3O2/c1-4-6-12(5-2)9(13)7(3)8(10)11-14/h7,14H,4-6H2,1-3H3,(H2,10,11). The van der Waals surface area contributed by atoms with Crippen LogP contribution in [0.15, 0.2) is 5.16 Å². The summed E-state index contributed by atoms with van der Waals surface area (Å²) in [7, 11) is 0. The molecule has 3 N–H and O–H groups in total. The summed E-state index contributed by atoms with van der Waals surface area (Å²) in [6.07, 6.45) is 0.905. The van der Waals surface area contributed by atoms with E-state index in [4.69, 9.17) is 10.9 Å². The van der Waals surface area contributed by atoms with Crippen LogP contribution < -0.4 is 5.73 Å². The molecule has 82 valence electrons. The van der Waals surface area contributed by atoms with Gasteiger partial charge in [-0.05, 0) is 20.3 Å². The Morgan fingerprint density at radius 1 is 1.57 bits per heavy atom. The van der Waals surface area contributed by atoms with Crippen molar-refractivity contribution in [3.8, 4) is 0 Å². The maximum atomic E-state index is 11.7. The van der Waals surface area contributed by atoms with Crippen molar-refractivity contribution in [3.05, 3.63) is 0 Å². The normalized spacial score (nSPS) is 13.8. The van der Waals surface area contributed by atoms with E-state index in [1.165, 1.54) is 0 Å². The number of amidine groups is 1. The molecule has 0 aliphatic rings. The predicted octanol–water partition coefficient (Wildman–Crippen LogP) is 0.627. The minimum Gasteiger partial charge on any atom is -0.409 e. The summed E-state index contributed by atoms with van der Waals surface area (Å²) in [6.45, 7) is 6.90. The van der Waals surface area contributed by atoms with Gasteiger partial charge in [0.15, 0.2) is 5.84 Å². The SMILES string of the molecule is CCCN(CC)C(=O)C(C)C(N)=NO. The summed E-state index contributed by atoms with van der Waals surface area (Å²) in [4.78, 5) is 13.4. The average molecular weight is 201 g/mol. The van der Waals surface area contributed by atoms with Crippen LogP contribution in [0.2, 0.25) is 0 Å². The third-order valence-electron chi connectivity index (χ3n) is 2.12. The van der Waals surface area contributed by atoms with E-state index >= 15 is 0 Å². The highest BCUT2D eigenvalue weighted by Crippen LogP contribution is 2.03. The average Bonchev–Trinajstić information content (AvgIpc) is 2.22. The minimum absolute atomic E-state index is 0.0375. The molecule has 5 nitrogen and oxygen atoms in total. The number of carbonyl (C=O) groups is 1.